The monoisotopic (exact) mass is 223 g/mol. The van der Waals surface area contributed by atoms with E-state index in [0.717, 1.165) is 12.1 Å². The number of hydrogen-bond acceptors (Lipinski definition) is 0. The number of nitrogens with zero attached hydrogens (tertiary/aromatic N) is 1. The van der Waals surface area contributed by atoms with E-state index < -0.39 is 0 Å². The van der Waals surface area contributed by atoms with Crippen molar-refractivity contribution in [1.29, 1.82) is 0 Å². The molecule has 0 fully saturated rings. The summed E-state index contributed by atoms with van der Waals surface area (Å²) in [7, 11) is 2.33. The molecule has 11 heavy (non-hydrogen) atoms. The summed E-state index contributed by atoms with van der Waals surface area (Å²) in [5.74, 6) is 0. The first-order valence-electron chi connectivity index (χ1n) is 4.30. The van der Waals surface area contributed by atoms with Crippen LogP contribution in [0.5, 0.6) is 0 Å². The lowest BCUT2D eigenvalue weighted by Crippen LogP contribution is -3.00. The third kappa shape index (κ3) is 3.12. The number of halogens is 1. The summed E-state index contributed by atoms with van der Waals surface area (Å²) < 4.78 is 1.18. The second-order valence-electron chi connectivity index (χ2n) is 3.85. The van der Waals surface area contributed by atoms with E-state index in [-0.39, 0.29) is 17.0 Å². The SMILES string of the molecule is CC[N+](C)(C(C)C)C(C)C.[Br-]. The van der Waals surface area contributed by atoms with Crippen LogP contribution in [0.15, 0.2) is 0 Å². The molecule has 0 N–H and O–H groups in total. The highest BCUT2D eigenvalue weighted by atomic mass is 79.9. The Hall–Kier alpha value is 0.440. The van der Waals surface area contributed by atoms with Gasteiger partial charge in [-0.2, -0.15) is 0 Å². The highest BCUT2D eigenvalue weighted by molar-refractivity contribution is 4.47. The highest BCUT2D eigenvalue weighted by Gasteiger charge is 2.26. The molecule has 0 aliphatic rings. The van der Waals surface area contributed by atoms with Crippen molar-refractivity contribution in [2.45, 2.75) is 46.7 Å². The van der Waals surface area contributed by atoms with Crippen LogP contribution in [-0.2, 0) is 0 Å². The Morgan fingerprint density at radius 2 is 1.27 bits per heavy atom. The van der Waals surface area contributed by atoms with E-state index in [1.165, 1.54) is 11.0 Å². The average molecular weight is 224 g/mol. The first kappa shape index (κ1) is 14.0. The minimum atomic E-state index is 0. The number of hydrogen-bond donors (Lipinski definition) is 0. The molecule has 0 aromatic rings. The molecule has 2 heteroatoms. The molecule has 0 saturated carbocycles. The Labute approximate surface area is 82.1 Å². The predicted molar refractivity (Wildman–Crippen MR) is 47.0 cm³/mol. The fourth-order valence-corrected chi connectivity index (χ4v) is 1.33. The number of quaternary nitrogens is 1. The normalized spacial score (nSPS) is 12.0. The van der Waals surface area contributed by atoms with E-state index in [4.69, 9.17) is 0 Å². The Balaban J connectivity index is 0. The molecule has 0 aliphatic heterocycles. The van der Waals surface area contributed by atoms with Gasteiger partial charge in [-0.05, 0) is 34.6 Å². The Morgan fingerprint density at radius 1 is 1.00 bits per heavy atom. The van der Waals surface area contributed by atoms with E-state index in [0.29, 0.717) is 0 Å². The minimum absolute atomic E-state index is 0. The van der Waals surface area contributed by atoms with E-state index in [9.17, 15) is 0 Å². The predicted octanol–water partition coefficient (Wildman–Crippen LogP) is -0.726. The minimum Gasteiger partial charge on any atom is -1.00 e. The van der Waals surface area contributed by atoms with Gasteiger partial charge in [0.2, 0.25) is 0 Å². The maximum atomic E-state index is 2.33. The third-order valence-electron chi connectivity index (χ3n) is 3.04. The van der Waals surface area contributed by atoms with Gasteiger partial charge in [0.05, 0.1) is 25.7 Å². The summed E-state index contributed by atoms with van der Waals surface area (Å²) in [5, 5.41) is 0. The zero-order valence-corrected chi connectivity index (χ0v) is 10.3. The molecule has 0 aliphatic carbocycles. The van der Waals surface area contributed by atoms with Crippen LogP contribution in [-0.4, -0.2) is 30.2 Å². The van der Waals surface area contributed by atoms with Gasteiger partial charge in [0.25, 0.3) is 0 Å². The van der Waals surface area contributed by atoms with Crippen LogP contribution in [0.3, 0.4) is 0 Å². The van der Waals surface area contributed by atoms with Crippen molar-refractivity contribution in [2.75, 3.05) is 13.6 Å². The standard InChI is InChI=1S/C9H22N.BrH/c1-7-10(6,8(2)3)9(4)5;/h8-9H,7H2,1-6H3;1H/q+1;/p-1. The van der Waals surface area contributed by atoms with Crippen molar-refractivity contribution < 1.29 is 21.5 Å². The molecule has 1 nitrogen and oxygen atoms in total. The van der Waals surface area contributed by atoms with Crippen LogP contribution in [0.4, 0.5) is 0 Å². The van der Waals surface area contributed by atoms with E-state index in [2.05, 4.69) is 41.7 Å². The quantitative estimate of drug-likeness (QED) is 0.555. The molecular formula is C9H22BrN. The van der Waals surface area contributed by atoms with Gasteiger partial charge in [0, 0.05) is 0 Å². The van der Waals surface area contributed by atoms with Gasteiger partial charge in [0.15, 0.2) is 0 Å². The van der Waals surface area contributed by atoms with Crippen molar-refractivity contribution in [3.8, 4) is 0 Å². The van der Waals surface area contributed by atoms with Crippen molar-refractivity contribution in [3.05, 3.63) is 0 Å². The van der Waals surface area contributed by atoms with Crippen LogP contribution in [0.1, 0.15) is 34.6 Å². The first-order chi connectivity index (χ1) is 4.45. The smallest absolute Gasteiger partial charge is 0.0833 e. The summed E-state index contributed by atoms with van der Waals surface area (Å²) in [5.41, 5.74) is 0. The van der Waals surface area contributed by atoms with Crippen molar-refractivity contribution in [1.82, 2.24) is 0 Å². The Morgan fingerprint density at radius 3 is 1.27 bits per heavy atom. The zero-order valence-electron chi connectivity index (χ0n) is 8.69. The lowest BCUT2D eigenvalue weighted by atomic mass is 10.2. The van der Waals surface area contributed by atoms with Gasteiger partial charge in [-0.15, -0.1) is 0 Å². The second kappa shape index (κ2) is 5.15. The fourth-order valence-electron chi connectivity index (χ4n) is 1.33. The van der Waals surface area contributed by atoms with Gasteiger partial charge >= 0.3 is 0 Å². The lowest BCUT2D eigenvalue weighted by Gasteiger charge is -2.41. The Kier molecular flexibility index (Phi) is 6.55. The summed E-state index contributed by atoms with van der Waals surface area (Å²) >= 11 is 0. The molecule has 0 rings (SSSR count). The Bertz CT molecular complexity index is 91.7. The molecule has 0 heterocycles. The fraction of sp³-hybridized carbons (Fsp3) is 1.00. The average Bonchev–Trinajstić information content (AvgIpc) is 1.85. The molecule has 0 unspecified atom stereocenters. The summed E-state index contributed by atoms with van der Waals surface area (Å²) in [6.45, 7) is 12.7. The maximum absolute atomic E-state index is 2.33. The van der Waals surface area contributed by atoms with Crippen LogP contribution in [0, 0.1) is 0 Å². The molecule has 0 aromatic carbocycles. The van der Waals surface area contributed by atoms with Crippen LogP contribution in [0.2, 0.25) is 0 Å². The summed E-state index contributed by atoms with van der Waals surface area (Å²) in [6, 6.07) is 1.48. The molecule has 0 saturated heterocycles. The third-order valence-corrected chi connectivity index (χ3v) is 3.04. The van der Waals surface area contributed by atoms with Gasteiger partial charge in [-0.3, -0.25) is 0 Å². The molecule has 0 radical (unpaired) electrons. The molecule has 0 amide bonds. The van der Waals surface area contributed by atoms with E-state index >= 15 is 0 Å². The van der Waals surface area contributed by atoms with Crippen molar-refractivity contribution in [2.24, 2.45) is 0 Å². The van der Waals surface area contributed by atoms with E-state index in [1.54, 1.807) is 0 Å². The summed E-state index contributed by atoms with van der Waals surface area (Å²) in [4.78, 5) is 0. The van der Waals surface area contributed by atoms with Gasteiger partial charge in [-0.25, -0.2) is 0 Å². The van der Waals surface area contributed by atoms with Crippen molar-refractivity contribution in [3.63, 3.8) is 0 Å². The molecule has 0 aromatic heterocycles. The maximum Gasteiger partial charge on any atom is 0.0833 e. The molecule has 0 spiro atoms. The topological polar surface area (TPSA) is 0 Å². The molecular weight excluding hydrogens is 202 g/mol. The van der Waals surface area contributed by atoms with Crippen LogP contribution < -0.4 is 17.0 Å². The van der Waals surface area contributed by atoms with Gasteiger partial charge in [-0.1, -0.05) is 0 Å². The molecule has 0 bridgehead atoms. The highest BCUT2D eigenvalue weighted by Crippen LogP contribution is 2.14. The van der Waals surface area contributed by atoms with Crippen molar-refractivity contribution >= 4 is 0 Å². The van der Waals surface area contributed by atoms with Gasteiger partial charge < -0.3 is 21.5 Å². The van der Waals surface area contributed by atoms with Gasteiger partial charge in [0.1, 0.15) is 0 Å². The second-order valence-corrected chi connectivity index (χ2v) is 3.85. The first-order valence-corrected chi connectivity index (χ1v) is 4.30. The van der Waals surface area contributed by atoms with Crippen LogP contribution in [0.25, 0.3) is 0 Å². The molecule has 0 atom stereocenters. The largest absolute Gasteiger partial charge is 1.00 e. The van der Waals surface area contributed by atoms with Crippen LogP contribution >= 0.6 is 0 Å². The number of rotatable bonds is 3. The molecule has 70 valence electrons. The lowest BCUT2D eigenvalue weighted by molar-refractivity contribution is -0.947. The summed E-state index contributed by atoms with van der Waals surface area (Å²) in [6.07, 6.45) is 0. The zero-order chi connectivity index (χ0) is 8.36. The van der Waals surface area contributed by atoms with E-state index in [1.807, 2.05) is 0 Å².